The van der Waals surface area contributed by atoms with E-state index < -0.39 is 5.97 Å². The van der Waals surface area contributed by atoms with Gasteiger partial charge in [-0.3, -0.25) is 4.79 Å². The van der Waals surface area contributed by atoms with Crippen molar-refractivity contribution >= 4 is 17.8 Å². The molecule has 0 unspecified atom stereocenters. The molecule has 2 heterocycles. The van der Waals surface area contributed by atoms with Crippen molar-refractivity contribution in [3.63, 3.8) is 0 Å². The van der Waals surface area contributed by atoms with Crippen molar-refractivity contribution in [2.24, 2.45) is 0 Å². The van der Waals surface area contributed by atoms with E-state index >= 15 is 0 Å². The predicted octanol–water partition coefficient (Wildman–Crippen LogP) is 4.26. The van der Waals surface area contributed by atoms with Crippen LogP contribution in [0.15, 0.2) is 66.4 Å². The van der Waals surface area contributed by atoms with Crippen LogP contribution in [0.4, 0.5) is 0 Å². The van der Waals surface area contributed by atoms with Gasteiger partial charge in [0.1, 0.15) is 17.2 Å². The van der Waals surface area contributed by atoms with E-state index in [9.17, 15) is 9.59 Å². The van der Waals surface area contributed by atoms with E-state index in [4.69, 9.17) is 23.7 Å². The zero-order valence-corrected chi connectivity index (χ0v) is 16.4. The second-order valence-electron chi connectivity index (χ2n) is 6.83. The van der Waals surface area contributed by atoms with Crippen LogP contribution in [-0.2, 0) is 0 Å². The molecule has 0 atom stereocenters. The van der Waals surface area contributed by atoms with E-state index in [2.05, 4.69) is 0 Å². The molecule has 3 aromatic rings. The summed E-state index contributed by atoms with van der Waals surface area (Å²) in [5, 5.41) is 0. The first-order valence-electron chi connectivity index (χ1n) is 9.45. The highest BCUT2D eigenvalue weighted by molar-refractivity contribution is 6.14. The van der Waals surface area contributed by atoms with Crippen LogP contribution in [0.3, 0.4) is 0 Å². The van der Waals surface area contributed by atoms with Gasteiger partial charge in [-0.1, -0.05) is 12.1 Å². The monoisotopic (exact) mass is 416 g/mol. The Kier molecular flexibility index (Phi) is 4.55. The fourth-order valence-corrected chi connectivity index (χ4v) is 3.30. The molecule has 0 aromatic heterocycles. The van der Waals surface area contributed by atoms with E-state index in [0.29, 0.717) is 34.1 Å². The zero-order chi connectivity index (χ0) is 21.4. The summed E-state index contributed by atoms with van der Waals surface area (Å²) in [5.74, 6) is 1.80. The van der Waals surface area contributed by atoms with Gasteiger partial charge in [-0.25, -0.2) is 4.79 Å². The Balaban J connectivity index is 1.35. The molecule has 0 spiro atoms. The highest BCUT2D eigenvalue weighted by Crippen LogP contribution is 2.37. The summed E-state index contributed by atoms with van der Waals surface area (Å²) in [4.78, 5) is 25.1. The first-order chi connectivity index (χ1) is 15.1. The van der Waals surface area contributed by atoms with Gasteiger partial charge in [0, 0.05) is 6.07 Å². The van der Waals surface area contributed by atoms with E-state index in [1.165, 1.54) is 13.2 Å². The molecular weight excluding hydrogens is 400 g/mol. The Morgan fingerprint density at radius 1 is 0.935 bits per heavy atom. The van der Waals surface area contributed by atoms with Gasteiger partial charge >= 0.3 is 5.97 Å². The van der Waals surface area contributed by atoms with Crippen molar-refractivity contribution in [1.82, 2.24) is 0 Å². The summed E-state index contributed by atoms with van der Waals surface area (Å²) in [7, 11) is 1.52. The molecule has 7 nitrogen and oxygen atoms in total. The molecule has 0 aliphatic carbocycles. The van der Waals surface area contributed by atoms with Crippen molar-refractivity contribution in [3.05, 3.63) is 83.1 Å². The maximum Gasteiger partial charge on any atom is 0.343 e. The fraction of sp³-hybridized carbons (Fsp3) is 0.0833. The third-order valence-corrected chi connectivity index (χ3v) is 4.85. The Labute approximate surface area is 177 Å². The summed E-state index contributed by atoms with van der Waals surface area (Å²) >= 11 is 0. The average molecular weight is 416 g/mol. The largest absolute Gasteiger partial charge is 0.497 e. The van der Waals surface area contributed by atoms with E-state index in [1.807, 2.05) is 6.07 Å². The number of Topliss-reactive ketones (excluding diaryl/α,β-unsaturated/α-hetero) is 1. The van der Waals surface area contributed by atoms with Gasteiger partial charge < -0.3 is 23.7 Å². The predicted molar refractivity (Wildman–Crippen MR) is 110 cm³/mol. The molecular formula is C24H16O7. The van der Waals surface area contributed by atoms with Gasteiger partial charge in [-0.05, 0) is 54.1 Å². The molecule has 0 saturated carbocycles. The molecule has 0 fully saturated rings. The van der Waals surface area contributed by atoms with Gasteiger partial charge in [0.2, 0.25) is 12.6 Å². The summed E-state index contributed by atoms with van der Waals surface area (Å²) < 4.78 is 26.9. The van der Waals surface area contributed by atoms with Crippen LogP contribution in [0, 0.1) is 0 Å². The summed E-state index contributed by atoms with van der Waals surface area (Å²) in [6.07, 6.45) is 1.63. The Hall–Kier alpha value is -4.26. The second-order valence-corrected chi connectivity index (χ2v) is 6.83. The highest BCUT2D eigenvalue weighted by Gasteiger charge is 2.28. The van der Waals surface area contributed by atoms with E-state index in [-0.39, 0.29) is 24.1 Å². The van der Waals surface area contributed by atoms with Crippen LogP contribution in [0.1, 0.15) is 26.3 Å². The number of benzene rings is 3. The summed E-state index contributed by atoms with van der Waals surface area (Å²) in [5.41, 5.74) is 1.48. The lowest BCUT2D eigenvalue weighted by Crippen LogP contribution is -2.08. The number of esters is 1. The SMILES string of the molecule is COc1cccc(C(=O)Oc2ccc3c(c2)O/C(=C\c2ccc4c(c2)OCO4)C3=O)c1. The van der Waals surface area contributed by atoms with Crippen LogP contribution in [0.2, 0.25) is 0 Å². The van der Waals surface area contributed by atoms with Gasteiger partial charge in [0.05, 0.1) is 18.2 Å². The molecule has 0 saturated heterocycles. The Morgan fingerprint density at radius 2 is 1.81 bits per heavy atom. The number of allylic oxidation sites excluding steroid dienone is 1. The van der Waals surface area contributed by atoms with Crippen LogP contribution in [-0.4, -0.2) is 25.7 Å². The second kappa shape index (κ2) is 7.53. The Morgan fingerprint density at radius 3 is 2.68 bits per heavy atom. The van der Waals surface area contributed by atoms with Gasteiger partial charge in [-0.2, -0.15) is 0 Å². The molecule has 3 aromatic carbocycles. The maximum absolute atomic E-state index is 12.7. The molecule has 0 N–H and O–H groups in total. The molecule has 5 rings (SSSR count). The van der Waals surface area contributed by atoms with Crippen LogP contribution < -0.4 is 23.7 Å². The molecule has 0 amide bonds. The number of rotatable bonds is 4. The minimum Gasteiger partial charge on any atom is -0.497 e. The first-order valence-corrected chi connectivity index (χ1v) is 9.45. The number of methoxy groups -OCH3 is 1. The number of carbonyl (C=O) groups is 2. The van der Waals surface area contributed by atoms with Gasteiger partial charge in [0.15, 0.2) is 17.3 Å². The topological polar surface area (TPSA) is 80.3 Å². The average Bonchev–Trinajstić information content (AvgIpc) is 3.37. The molecule has 7 heteroatoms. The van der Waals surface area contributed by atoms with Crippen molar-refractivity contribution in [2.45, 2.75) is 0 Å². The zero-order valence-electron chi connectivity index (χ0n) is 16.4. The number of ketones is 1. The first kappa shape index (κ1) is 18.7. The number of ether oxygens (including phenoxy) is 5. The van der Waals surface area contributed by atoms with Crippen LogP contribution in [0.25, 0.3) is 6.08 Å². The highest BCUT2D eigenvalue weighted by atomic mass is 16.7. The van der Waals surface area contributed by atoms with Crippen LogP contribution in [0.5, 0.6) is 28.7 Å². The smallest absolute Gasteiger partial charge is 0.343 e. The lowest BCUT2D eigenvalue weighted by Gasteiger charge is -2.07. The van der Waals surface area contributed by atoms with Gasteiger partial charge in [-0.15, -0.1) is 0 Å². The quantitative estimate of drug-likeness (QED) is 0.357. The van der Waals surface area contributed by atoms with E-state index in [1.54, 1.807) is 54.6 Å². The van der Waals surface area contributed by atoms with Crippen molar-refractivity contribution in [1.29, 1.82) is 0 Å². The molecule has 0 bridgehead atoms. The molecule has 154 valence electrons. The normalized spacial score (nSPS) is 14.9. The van der Waals surface area contributed by atoms with Crippen molar-refractivity contribution < 1.29 is 33.3 Å². The van der Waals surface area contributed by atoms with Gasteiger partial charge in [0.25, 0.3) is 0 Å². The number of hydrogen-bond donors (Lipinski definition) is 0. The number of fused-ring (bicyclic) bond motifs is 2. The molecule has 31 heavy (non-hydrogen) atoms. The lowest BCUT2D eigenvalue weighted by atomic mass is 10.1. The lowest BCUT2D eigenvalue weighted by molar-refractivity contribution is 0.0734. The summed E-state index contributed by atoms with van der Waals surface area (Å²) in [6.45, 7) is 0.174. The molecule has 2 aliphatic rings. The summed E-state index contributed by atoms with van der Waals surface area (Å²) in [6, 6.07) is 16.7. The standard InChI is InChI=1S/C24H16O7/c1-27-16-4-2-3-15(11-16)24(26)30-17-6-7-18-20(12-17)31-22(23(18)25)10-14-5-8-19-21(9-14)29-13-28-19/h2-12H,13H2,1H3/b22-10-. The molecule has 2 aliphatic heterocycles. The fourth-order valence-electron chi connectivity index (χ4n) is 3.30. The number of hydrogen-bond acceptors (Lipinski definition) is 7. The van der Waals surface area contributed by atoms with E-state index in [0.717, 1.165) is 5.56 Å². The van der Waals surface area contributed by atoms with Crippen LogP contribution >= 0.6 is 0 Å². The maximum atomic E-state index is 12.7. The third kappa shape index (κ3) is 3.57. The minimum absolute atomic E-state index is 0.171. The molecule has 0 radical (unpaired) electrons. The van der Waals surface area contributed by atoms with Crippen molar-refractivity contribution in [2.75, 3.05) is 13.9 Å². The number of carbonyl (C=O) groups excluding carboxylic acids is 2. The third-order valence-electron chi connectivity index (χ3n) is 4.85. The Bertz CT molecular complexity index is 1240. The minimum atomic E-state index is -0.542. The van der Waals surface area contributed by atoms with Crippen molar-refractivity contribution in [3.8, 4) is 28.7 Å².